The first kappa shape index (κ1) is 11.4. The second kappa shape index (κ2) is 4.60. The van der Waals surface area contributed by atoms with Crippen LogP contribution in [0.4, 0.5) is 0 Å². The third-order valence-electron chi connectivity index (χ3n) is 4.34. The van der Waals surface area contributed by atoms with Crippen molar-refractivity contribution < 1.29 is 0 Å². The van der Waals surface area contributed by atoms with Crippen LogP contribution in [-0.4, -0.2) is 20.6 Å². The lowest BCUT2D eigenvalue weighted by Gasteiger charge is -2.12. The average Bonchev–Trinajstić information content (AvgIpc) is 3.02. The maximum Gasteiger partial charge on any atom is 0.160 e. The minimum Gasteiger partial charge on any atom is -0.309 e. The number of fused-ring (bicyclic) bond motifs is 1. The molecule has 2 saturated carbocycles. The van der Waals surface area contributed by atoms with E-state index in [2.05, 4.69) is 20.9 Å². The van der Waals surface area contributed by atoms with Gasteiger partial charge in [0, 0.05) is 18.3 Å². The summed E-state index contributed by atoms with van der Waals surface area (Å²) in [6.07, 6.45) is 9.81. The third kappa shape index (κ3) is 2.14. The van der Waals surface area contributed by atoms with Crippen molar-refractivity contribution in [3.63, 3.8) is 0 Å². The second-order valence-corrected chi connectivity index (χ2v) is 5.84. The Morgan fingerprint density at radius 2 is 2.05 bits per heavy atom. The Balaban J connectivity index is 1.62. The summed E-state index contributed by atoms with van der Waals surface area (Å²) in [7, 11) is 0. The van der Waals surface area contributed by atoms with Gasteiger partial charge >= 0.3 is 0 Å². The zero-order chi connectivity index (χ0) is 12.7. The second-order valence-electron chi connectivity index (χ2n) is 5.84. The predicted molar refractivity (Wildman–Crippen MR) is 74.9 cm³/mol. The summed E-state index contributed by atoms with van der Waals surface area (Å²) in [4.78, 5) is 9.29. The number of rotatable bonds is 4. The van der Waals surface area contributed by atoms with Crippen LogP contribution in [0.1, 0.15) is 50.4 Å². The van der Waals surface area contributed by atoms with Crippen molar-refractivity contribution in [1.29, 1.82) is 0 Å². The van der Waals surface area contributed by atoms with E-state index in [-0.39, 0.29) is 0 Å². The molecule has 0 atom stereocenters. The lowest BCUT2D eigenvalue weighted by molar-refractivity contribution is 0.502. The molecule has 0 aromatic carbocycles. The van der Waals surface area contributed by atoms with Crippen LogP contribution in [0, 0.1) is 0 Å². The lowest BCUT2D eigenvalue weighted by Crippen LogP contribution is -2.26. The fourth-order valence-electron chi connectivity index (χ4n) is 3.18. The molecule has 0 saturated heterocycles. The maximum absolute atomic E-state index is 4.77. The highest BCUT2D eigenvalue weighted by Gasteiger charge is 2.28. The van der Waals surface area contributed by atoms with Crippen LogP contribution in [0.3, 0.4) is 0 Å². The van der Waals surface area contributed by atoms with Crippen LogP contribution in [-0.2, 0) is 6.54 Å². The van der Waals surface area contributed by atoms with Crippen LogP contribution < -0.4 is 5.32 Å². The molecule has 1 N–H and O–H groups in total. The Kier molecular flexibility index (Phi) is 2.76. The van der Waals surface area contributed by atoms with Gasteiger partial charge in [-0.25, -0.2) is 9.97 Å². The zero-order valence-corrected chi connectivity index (χ0v) is 11.2. The molecule has 0 bridgehead atoms. The first-order valence-electron chi connectivity index (χ1n) is 7.47. The van der Waals surface area contributed by atoms with Gasteiger partial charge in [0.1, 0.15) is 11.3 Å². The van der Waals surface area contributed by atoms with Crippen LogP contribution in [0.5, 0.6) is 0 Å². The van der Waals surface area contributed by atoms with Gasteiger partial charge in [-0.3, -0.25) is 0 Å². The van der Waals surface area contributed by atoms with E-state index in [0.29, 0.717) is 12.1 Å². The van der Waals surface area contributed by atoms with Crippen molar-refractivity contribution in [3.8, 4) is 0 Å². The molecular weight excluding hydrogens is 236 g/mol. The molecule has 4 nitrogen and oxygen atoms in total. The molecule has 0 aliphatic heterocycles. The van der Waals surface area contributed by atoms with Gasteiger partial charge in [-0.15, -0.1) is 0 Å². The van der Waals surface area contributed by atoms with Crippen molar-refractivity contribution in [2.24, 2.45) is 0 Å². The topological polar surface area (TPSA) is 42.7 Å². The van der Waals surface area contributed by atoms with Gasteiger partial charge in [0.2, 0.25) is 0 Å². The highest BCUT2D eigenvalue weighted by atomic mass is 15.2. The van der Waals surface area contributed by atoms with E-state index >= 15 is 0 Å². The van der Waals surface area contributed by atoms with Crippen LogP contribution >= 0.6 is 0 Å². The summed E-state index contributed by atoms with van der Waals surface area (Å²) < 4.78 is 2.36. The molecule has 2 aromatic heterocycles. The van der Waals surface area contributed by atoms with Crippen molar-refractivity contribution in [2.45, 2.75) is 57.2 Å². The molecule has 2 aromatic rings. The fraction of sp³-hybridized carbons (Fsp3) is 0.600. The summed E-state index contributed by atoms with van der Waals surface area (Å²) in [6, 6.07) is 5.38. The van der Waals surface area contributed by atoms with Gasteiger partial charge in [-0.05, 0) is 37.8 Å². The summed E-state index contributed by atoms with van der Waals surface area (Å²) in [5, 5.41) is 3.67. The van der Waals surface area contributed by atoms with E-state index in [9.17, 15) is 0 Å². The number of hydrogen-bond donors (Lipinski definition) is 1. The molecule has 4 heteroatoms. The molecule has 0 amide bonds. The number of hydrogen-bond acceptors (Lipinski definition) is 3. The first-order chi connectivity index (χ1) is 9.42. The van der Waals surface area contributed by atoms with E-state index in [0.717, 1.165) is 17.7 Å². The van der Waals surface area contributed by atoms with Gasteiger partial charge in [-0.1, -0.05) is 12.8 Å². The average molecular weight is 256 g/mol. The van der Waals surface area contributed by atoms with Crippen molar-refractivity contribution in [2.75, 3.05) is 0 Å². The Hall–Kier alpha value is -1.42. The minimum absolute atomic E-state index is 0.639. The smallest absolute Gasteiger partial charge is 0.160 e. The van der Waals surface area contributed by atoms with E-state index in [1.54, 1.807) is 0 Å². The van der Waals surface area contributed by atoms with Crippen molar-refractivity contribution in [1.82, 2.24) is 19.9 Å². The number of nitrogens with one attached hydrogen (secondary N) is 1. The molecular formula is C15H20N4. The standard InChI is InChI=1S/C15H20N4/c1-2-5-11(4-1)17-10-14-18-13-6-3-9-16-15(13)19(14)12-7-8-12/h3,6,9,11-12,17H,1-2,4-5,7-8,10H2. The Morgan fingerprint density at radius 1 is 1.21 bits per heavy atom. The number of aromatic nitrogens is 3. The lowest BCUT2D eigenvalue weighted by atomic mass is 10.2. The maximum atomic E-state index is 4.77. The molecule has 100 valence electrons. The van der Waals surface area contributed by atoms with Gasteiger partial charge in [0.05, 0.1) is 6.54 Å². The monoisotopic (exact) mass is 256 g/mol. The molecule has 0 radical (unpaired) electrons. The molecule has 0 spiro atoms. The zero-order valence-electron chi connectivity index (χ0n) is 11.2. The fourth-order valence-corrected chi connectivity index (χ4v) is 3.18. The summed E-state index contributed by atoms with van der Waals surface area (Å²) in [6.45, 7) is 0.886. The summed E-state index contributed by atoms with van der Waals surface area (Å²) in [5.74, 6) is 1.17. The minimum atomic E-state index is 0.639. The molecule has 2 aliphatic rings. The van der Waals surface area contributed by atoms with Gasteiger partial charge < -0.3 is 9.88 Å². The van der Waals surface area contributed by atoms with Crippen molar-refractivity contribution >= 4 is 11.2 Å². The molecule has 2 aliphatic carbocycles. The number of imidazole rings is 1. The summed E-state index contributed by atoms with van der Waals surface area (Å²) >= 11 is 0. The van der Waals surface area contributed by atoms with Crippen LogP contribution in [0.25, 0.3) is 11.2 Å². The third-order valence-corrected chi connectivity index (χ3v) is 4.34. The van der Waals surface area contributed by atoms with Gasteiger partial charge in [0.15, 0.2) is 5.65 Å². The van der Waals surface area contributed by atoms with E-state index in [1.807, 2.05) is 12.3 Å². The molecule has 19 heavy (non-hydrogen) atoms. The van der Waals surface area contributed by atoms with Crippen molar-refractivity contribution in [3.05, 3.63) is 24.2 Å². The van der Waals surface area contributed by atoms with Crippen LogP contribution in [0.15, 0.2) is 18.3 Å². The van der Waals surface area contributed by atoms with E-state index < -0.39 is 0 Å². The van der Waals surface area contributed by atoms with E-state index in [1.165, 1.54) is 44.3 Å². The molecule has 2 heterocycles. The highest BCUT2D eigenvalue weighted by Crippen LogP contribution is 2.38. The number of pyridine rings is 1. The Bertz CT molecular complexity index is 579. The summed E-state index contributed by atoms with van der Waals surface area (Å²) in [5.41, 5.74) is 2.10. The van der Waals surface area contributed by atoms with E-state index in [4.69, 9.17) is 4.98 Å². The van der Waals surface area contributed by atoms with Gasteiger partial charge in [0.25, 0.3) is 0 Å². The quantitative estimate of drug-likeness (QED) is 0.914. The molecule has 2 fully saturated rings. The van der Waals surface area contributed by atoms with Crippen LogP contribution in [0.2, 0.25) is 0 Å². The Labute approximate surface area is 113 Å². The predicted octanol–water partition coefficient (Wildman–Crippen LogP) is 2.80. The highest BCUT2D eigenvalue weighted by molar-refractivity contribution is 5.71. The normalized spacial score (nSPS) is 20.4. The molecule has 4 rings (SSSR count). The number of nitrogens with zero attached hydrogens (tertiary/aromatic N) is 3. The van der Waals surface area contributed by atoms with Gasteiger partial charge in [-0.2, -0.15) is 0 Å². The first-order valence-corrected chi connectivity index (χ1v) is 7.47. The SMILES string of the molecule is c1cnc2c(c1)nc(CNC1CCCC1)n2C1CC1. The molecule has 0 unspecified atom stereocenters. The Morgan fingerprint density at radius 3 is 2.84 bits per heavy atom. The largest absolute Gasteiger partial charge is 0.309 e.